The van der Waals surface area contributed by atoms with Crippen LogP contribution in [0.25, 0.3) is 11.1 Å². The molecule has 2 unspecified atom stereocenters. The van der Waals surface area contributed by atoms with Gasteiger partial charge in [-0.1, -0.05) is 47.5 Å². The normalized spacial score (nSPS) is 20.3. The summed E-state index contributed by atoms with van der Waals surface area (Å²) in [4.78, 5) is 41.6. The zero-order valence-corrected chi connectivity index (χ0v) is 28.0. The average molecular weight is 684 g/mol. The van der Waals surface area contributed by atoms with Gasteiger partial charge in [0.2, 0.25) is 5.95 Å². The van der Waals surface area contributed by atoms with Crippen LogP contribution in [-0.2, 0) is 36.3 Å². The molecule has 1 amide bonds. The maximum atomic E-state index is 14.5. The Labute approximate surface area is 277 Å². The van der Waals surface area contributed by atoms with E-state index in [1.165, 1.54) is 28.1 Å². The number of sulfonamides is 1. The molecule has 2 aromatic carbocycles. The minimum Gasteiger partial charge on any atom is -0.459 e. The number of carbonyl (C=O) groups excluding carboxylic acids is 2. The Morgan fingerprint density at radius 2 is 1.67 bits per heavy atom. The SMILES string of the molecule is CC(C)(C)OC(=O)C1CCCN1S(=O)(=O)c1cnc2n1C(C)(Cc1ccc(-c3cncnc3)cc1)C(=O)N2c1cc(Cl)cc(Cl)c1. The predicted octanol–water partition coefficient (Wildman–Crippen LogP) is 5.78. The number of amides is 1. The number of halogens is 2. The van der Waals surface area contributed by atoms with Crippen molar-refractivity contribution in [2.75, 3.05) is 11.4 Å². The van der Waals surface area contributed by atoms with E-state index in [4.69, 9.17) is 27.9 Å². The van der Waals surface area contributed by atoms with Gasteiger partial charge in [-0.05, 0) is 69.9 Å². The lowest BCUT2D eigenvalue weighted by Gasteiger charge is -2.29. The van der Waals surface area contributed by atoms with Gasteiger partial charge in [0.1, 0.15) is 23.5 Å². The zero-order valence-electron chi connectivity index (χ0n) is 25.6. The van der Waals surface area contributed by atoms with Gasteiger partial charge in [-0.15, -0.1) is 0 Å². The van der Waals surface area contributed by atoms with E-state index in [2.05, 4.69) is 15.0 Å². The van der Waals surface area contributed by atoms with Crippen LogP contribution >= 0.6 is 23.2 Å². The third-order valence-electron chi connectivity index (χ3n) is 8.03. The van der Waals surface area contributed by atoms with Crippen LogP contribution < -0.4 is 4.90 Å². The highest BCUT2D eigenvalue weighted by molar-refractivity contribution is 7.89. The second-order valence-electron chi connectivity index (χ2n) is 12.6. The molecule has 0 aliphatic carbocycles. The standard InChI is InChI=1S/C32H32Cl2N6O5S/c1-31(2,3)45-28(41)26-6-5-11-38(26)46(43,44)27-18-37-30-39(25-13-23(33)12-24(34)14-25)29(42)32(4,40(27)30)15-20-7-9-21(10-8-20)22-16-35-19-36-17-22/h7-10,12-14,16-19,26H,5-6,11,15H2,1-4H3. The second kappa shape index (κ2) is 11.8. The van der Waals surface area contributed by atoms with Crippen LogP contribution in [0.1, 0.15) is 46.1 Å². The lowest BCUT2D eigenvalue weighted by atomic mass is 9.91. The number of rotatable bonds is 7. The Hall–Kier alpha value is -3.84. The molecule has 11 nitrogen and oxygen atoms in total. The molecule has 0 radical (unpaired) electrons. The van der Waals surface area contributed by atoms with E-state index in [0.29, 0.717) is 28.6 Å². The van der Waals surface area contributed by atoms with Crippen molar-refractivity contribution in [3.05, 3.63) is 83.0 Å². The Balaban J connectivity index is 1.44. The summed E-state index contributed by atoms with van der Waals surface area (Å²) in [5, 5.41) is 0.391. The van der Waals surface area contributed by atoms with Crippen LogP contribution in [0.4, 0.5) is 11.6 Å². The molecule has 2 aliphatic rings. The first kappa shape index (κ1) is 32.1. The molecule has 1 saturated heterocycles. The van der Waals surface area contributed by atoms with Crippen molar-refractivity contribution in [2.24, 2.45) is 0 Å². The summed E-state index contributed by atoms with van der Waals surface area (Å²) in [6, 6.07) is 11.2. The van der Waals surface area contributed by atoms with Crippen molar-refractivity contribution < 1.29 is 22.7 Å². The Morgan fingerprint density at radius 1 is 1.02 bits per heavy atom. The van der Waals surface area contributed by atoms with Gasteiger partial charge in [-0.2, -0.15) is 4.31 Å². The van der Waals surface area contributed by atoms with Gasteiger partial charge in [0.05, 0.1) is 11.9 Å². The van der Waals surface area contributed by atoms with Gasteiger partial charge in [-0.3, -0.25) is 14.2 Å². The molecule has 2 aromatic heterocycles. The van der Waals surface area contributed by atoms with Gasteiger partial charge in [0, 0.05) is 41.0 Å². The monoisotopic (exact) mass is 682 g/mol. The first-order valence-electron chi connectivity index (χ1n) is 14.7. The summed E-state index contributed by atoms with van der Waals surface area (Å²) in [6.07, 6.45) is 7.02. The summed E-state index contributed by atoms with van der Waals surface area (Å²) in [5.41, 5.74) is 0.599. The van der Waals surface area contributed by atoms with E-state index in [0.717, 1.165) is 21.0 Å². The molecule has 240 valence electrons. The number of aromatic nitrogens is 4. The quantitative estimate of drug-likeness (QED) is 0.225. The van der Waals surface area contributed by atoms with Crippen molar-refractivity contribution >= 4 is 56.7 Å². The minimum absolute atomic E-state index is 0.0930. The molecular formula is C32H32Cl2N6O5S. The molecule has 2 atom stereocenters. The highest BCUT2D eigenvalue weighted by Gasteiger charge is 2.53. The Kier molecular flexibility index (Phi) is 8.20. The number of fused-ring (bicyclic) bond motifs is 1. The molecule has 0 N–H and O–H groups in total. The van der Waals surface area contributed by atoms with Crippen molar-refractivity contribution in [3.8, 4) is 11.1 Å². The number of esters is 1. The van der Waals surface area contributed by atoms with Crippen molar-refractivity contribution in [1.29, 1.82) is 0 Å². The van der Waals surface area contributed by atoms with Gasteiger partial charge < -0.3 is 4.74 Å². The van der Waals surface area contributed by atoms with Crippen LogP contribution in [0, 0.1) is 0 Å². The fourth-order valence-corrected chi connectivity index (χ4v) is 8.38. The van der Waals surface area contributed by atoms with Crippen molar-refractivity contribution in [1.82, 2.24) is 23.8 Å². The average Bonchev–Trinajstić information content (AvgIpc) is 3.70. The lowest BCUT2D eigenvalue weighted by molar-refractivity contribution is -0.158. The van der Waals surface area contributed by atoms with E-state index in [-0.39, 0.29) is 23.9 Å². The van der Waals surface area contributed by atoms with Crippen LogP contribution in [0.2, 0.25) is 10.0 Å². The summed E-state index contributed by atoms with van der Waals surface area (Å²) in [5.74, 6) is -0.945. The number of hydrogen-bond donors (Lipinski definition) is 0. The lowest BCUT2D eigenvalue weighted by Crippen LogP contribution is -2.46. The third-order valence-corrected chi connectivity index (χ3v) is 10.3. The molecule has 0 bridgehead atoms. The van der Waals surface area contributed by atoms with E-state index >= 15 is 0 Å². The second-order valence-corrected chi connectivity index (χ2v) is 15.3. The molecule has 4 aromatic rings. The van der Waals surface area contributed by atoms with Crippen molar-refractivity contribution in [3.63, 3.8) is 0 Å². The molecule has 2 aliphatic heterocycles. The maximum Gasteiger partial charge on any atom is 0.324 e. The van der Waals surface area contributed by atoms with Crippen molar-refractivity contribution in [2.45, 2.75) is 69.2 Å². The Morgan fingerprint density at radius 3 is 2.30 bits per heavy atom. The summed E-state index contributed by atoms with van der Waals surface area (Å²) in [7, 11) is -4.33. The first-order chi connectivity index (χ1) is 21.7. The fourth-order valence-electron chi connectivity index (χ4n) is 6.03. The number of hydrogen-bond acceptors (Lipinski definition) is 8. The molecule has 1 fully saturated rings. The van der Waals surface area contributed by atoms with Crippen LogP contribution in [0.5, 0.6) is 0 Å². The molecule has 46 heavy (non-hydrogen) atoms. The number of benzene rings is 2. The minimum atomic E-state index is -4.33. The van der Waals surface area contributed by atoms with Crippen LogP contribution in [0.3, 0.4) is 0 Å². The number of nitrogens with zero attached hydrogens (tertiary/aromatic N) is 6. The highest BCUT2D eigenvalue weighted by Crippen LogP contribution is 2.45. The number of carbonyl (C=O) groups is 2. The molecule has 0 saturated carbocycles. The molecule has 6 rings (SSSR count). The Bertz CT molecular complexity index is 1910. The smallest absolute Gasteiger partial charge is 0.324 e. The molecule has 4 heterocycles. The van der Waals surface area contributed by atoms with Gasteiger partial charge in [0.15, 0.2) is 5.03 Å². The predicted molar refractivity (Wildman–Crippen MR) is 173 cm³/mol. The highest BCUT2D eigenvalue weighted by atomic mass is 35.5. The molecule has 14 heteroatoms. The van der Waals surface area contributed by atoms with E-state index < -0.39 is 39.1 Å². The third kappa shape index (κ3) is 5.79. The number of imidazole rings is 1. The summed E-state index contributed by atoms with van der Waals surface area (Å²) >= 11 is 12.6. The van der Waals surface area contributed by atoms with E-state index in [9.17, 15) is 18.0 Å². The zero-order chi connectivity index (χ0) is 33.0. The van der Waals surface area contributed by atoms with Gasteiger partial charge in [-0.25, -0.2) is 28.3 Å². The van der Waals surface area contributed by atoms with E-state index in [1.807, 2.05) is 24.3 Å². The van der Waals surface area contributed by atoms with Crippen LogP contribution in [-0.4, -0.2) is 62.3 Å². The first-order valence-corrected chi connectivity index (χ1v) is 16.9. The topological polar surface area (TPSA) is 128 Å². The summed E-state index contributed by atoms with van der Waals surface area (Å²) in [6.45, 7) is 7.00. The fraction of sp³-hybridized carbons (Fsp3) is 0.344. The largest absolute Gasteiger partial charge is 0.459 e. The van der Waals surface area contributed by atoms with Crippen LogP contribution in [0.15, 0.2) is 72.4 Å². The number of anilines is 2. The molecule has 0 spiro atoms. The van der Waals surface area contributed by atoms with Gasteiger partial charge >= 0.3 is 5.97 Å². The maximum absolute atomic E-state index is 14.5. The number of ether oxygens (including phenoxy) is 1. The van der Waals surface area contributed by atoms with Gasteiger partial charge in [0.25, 0.3) is 15.9 Å². The summed E-state index contributed by atoms with van der Waals surface area (Å²) < 4.78 is 37.0. The molecular weight excluding hydrogens is 651 g/mol. The van der Waals surface area contributed by atoms with E-state index in [1.54, 1.807) is 52.2 Å².